The number of rotatable bonds is 3. The van der Waals surface area contributed by atoms with Gasteiger partial charge in [-0.2, -0.15) is 0 Å². The average molecular weight is 364 g/mol. The Hall–Kier alpha value is -2.28. The van der Waals surface area contributed by atoms with Gasteiger partial charge in [-0.15, -0.1) is 0 Å². The Morgan fingerprint density at radius 3 is 2.62 bits per heavy atom. The zero-order valence-electron chi connectivity index (χ0n) is 15.6. The van der Waals surface area contributed by atoms with Crippen LogP contribution in [0.15, 0.2) is 30.3 Å². The van der Waals surface area contributed by atoms with Crippen LogP contribution in [0.2, 0.25) is 0 Å². The molecule has 1 aromatic rings. The second kappa shape index (κ2) is 8.89. The van der Waals surface area contributed by atoms with E-state index >= 15 is 0 Å². The number of amides is 2. The largest absolute Gasteiger partial charge is 0.445 e. The Labute approximate surface area is 154 Å². The molecule has 2 amide bonds. The van der Waals surface area contributed by atoms with Gasteiger partial charge >= 0.3 is 12.2 Å². The summed E-state index contributed by atoms with van der Waals surface area (Å²) in [5.74, 6) is 0. The van der Waals surface area contributed by atoms with E-state index in [4.69, 9.17) is 9.47 Å². The number of nitrogens with zero attached hydrogens (tertiary/aromatic N) is 1. The van der Waals surface area contributed by atoms with Gasteiger partial charge in [0, 0.05) is 13.1 Å². The Kier molecular flexibility index (Phi) is 6.85. The lowest BCUT2D eigenvalue weighted by molar-refractivity contribution is 0.0391. The number of benzene rings is 1. The van der Waals surface area contributed by atoms with Crippen molar-refractivity contribution in [2.75, 3.05) is 13.1 Å². The van der Waals surface area contributed by atoms with Gasteiger partial charge in [-0.25, -0.2) is 9.59 Å². The molecule has 1 aliphatic rings. The minimum absolute atomic E-state index is 0.175. The van der Waals surface area contributed by atoms with Crippen LogP contribution in [0.5, 0.6) is 0 Å². The predicted octanol–water partition coefficient (Wildman–Crippen LogP) is 2.67. The van der Waals surface area contributed by atoms with Gasteiger partial charge in [0.05, 0.1) is 12.1 Å². The fourth-order valence-electron chi connectivity index (χ4n) is 2.72. The minimum Gasteiger partial charge on any atom is -0.445 e. The van der Waals surface area contributed by atoms with Gasteiger partial charge in [-0.3, -0.25) is 0 Å². The lowest BCUT2D eigenvalue weighted by Gasteiger charge is -2.28. The monoisotopic (exact) mass is 364 g/mol. The van der Waals surface area contributed by atoms with Crippen molar-refractivity contribution in [2.24, 2.45) is 0 Å². The number of carbonyl (C=O) groups is 2. The fourth-order valence-corrected chi connectivity index (χ4v) is 2.72. The SMILES string of the molecule is CC(C)(C)OC(=O)N[C@@H]1CN(C(=O)OCc2ccccc2)CCC[C@H]1O. The molecule has 7 nitrogen and oxygen atoms in total. The Bertz CT molecular complexity index is 600. The molecule has 144 valence electrons. The summed E-state index contributed by atoms with van der Waals surface area (Å²) in [5.41, 5.74) is 0.271. The third kappa shape index (κ3) is 6.55. The molecule has 0 bridgehead atoms. The molecular formula is C19H28N2O5. The third-order valence-electron chi connectivity index (χ3n) is 3.97. The van der Waals surface area contributed by atoms with E-state index in [-0.39, 0.29) is 13.2 Å². The van der Waals surface area contributed by atoms with Gasteiger partial charge in [0.1, 0.15) is 12.2 Å². The first-order valence-electron chi connectivity index (χ1n) is 8.88. The summed E-state index contributed by atoms with van der Waals surface area (Å²) in [4.78, 5) is 25.9. The summed E-state index contributed by atoms with van der Waals surface area (Å²) in [6.45, 7) is 6.13. The first kappa shape index (κ1) is 20.0. The molecule has 0 unspecified atom stereocenters. The third-order valence-corrected chi connectivity index (χ3v) is 3.97. The van der Waals surface area contributed by atoms with Crippen molar-refractivity contribution in [1.82, 2.24) is 10.2 Å². The van der Waals surface area contributed by atoms with Gasteiger partial charge in [-0.1, -0.05) is 30.3 Å². The fraction of sp³-hybridized carbons (Fsp3) is 0.579. The van der Waals surface area contributed by atoms with Crippen LogP contribution in [-0.4, -0.2) is 53.0 Å². The van der Waals surface area contributed by atoms with Crippen LogP contribution in [0, 0.1) is 0 Å². The van der Waals surface area contributed by atoms with E-state index in [0.717, 1.165) is 5.56 Å². The molecule has 0 aromatic heterocycles. The highest BCUT2D eigenvalue weighted by Crippen LogP contribution is 2.15. The second-order valence-electron chi connectivity index (χ2n) is 7.45. The van der Waals surface area contributed by atoms with E-state index < -0.39 is 29.9 Å². The number of carbonyl (C=O) groups excluding carboxylic acids is 2. The van der Waals surface area contributed by atoms with Crippen molar-refractivity contribution in [2.45, 2.75) is 58.0 Å². The highest BCUT2D eigenvalue weighted by atomic mass is 16.6. The Morgan fingerprint density at radius 2 is 1.96 bits per heavy atom. The quantitative estimate of drug-likeness (QED) is 0.861. The van der Waals surface area contributed by atoms with Crippen molar-refractivity contribution in [3.63, 3.8) is 0 Å². The lowest BCUT2D eigenvalue weighted by Crippen LogP contribution is -2.51. The molecule has 1 heterocycles. The van der Waals surface area contributed by atoms with E-state index in [1.807, 2.05) is 30.3 Å². The Morgan fingerprint density at radius 1 is 1.27 bits per heavy atom. The molecule has 2 N–H and O–H groups in total. The van der Waals surface area contributed by atoms with Gasteiger partial charge < -0.3 is 24.8 Å². The van der Waals surface area contributed by atoms with E-state index in [1.165, 1.54) is 4.90 Å². The van der Waals surface area contributed by atoms with E-state index in [9.17, 15) is 14.7 Å². The number of hydrogen-bond acceptors (Lipinski definition) is 5. The summed E-state index contributed by atoms with van der Waals surface area (Å²) in [7, 11) is 0. The highest BCUT2D eigenvalue weighted by molar-refractivity contribution is 5.69. The van der Waals surface area contributed by atoms with Gasteiger partial charge in [0.25, 0.3) is 0 Å². The topological polar surface area (TPSA) is 88.1 Å². The van der Waals surface area contributed by atoms with Crippen molar-refractivity contribution >= 4 is 12.2 Å². The standard InChI is InChI=1S/C19H28N2O5/c1-19(2,3)26-17(23)20-15-12-21(11-7-10-16(15)22)18(24)25-13-14-8-5-4-6-9-14/h4-6,8-9,15-16,22H,7,10-13H2,1-3H3,(H,20,23)/t15-,16-/m1/s1. The Balaban J connectivity index is 1.92. The van der Waals surface area contributed by atoms with Crippen molar-refractivity contribution in [3.8, 4) is 0 Å². The molecule has 7 heteroatoms. The maximum Gasteiger partial charge on any atom is 0.410 e. The average Bonchev–Trinajstić information content (AvgIpc) is 2.74. The number of aliphatic hydroxyl groups is 1. The molecule has 0 spiro atoms. The summed E-state index contributed by atoms with van der Waals surface area (Å²) in [6.07, 6.45) is -0.689. The van der Waals surface area contributed by atoms with Gasteiger partial charge in [-0.05, 0) is 39.2 Å². The number of ether oxygens (including phenoxy) is 2. The molecule has 2 atom stereocenters. The molecule has 0 radical (unpaired) electrons. The molecule has 1 saturated heterocycles. The minimum atomic E-state index is -0.741. The molecule has 1 aliphatic heterocycles. The van der Waals surface area contributed by atoms with Gasteiger partial charge in [0.2, 0.25) is 0 Å². The van der Waals surface area contributed by atoms with Crippen LogP contribution < -0.4 is 5.32 Å². The van der Waals surface area contributed by atoms with Crippen LogP contribution in [0.25, 0.3) is 0 Å². The molecule has 0 saturated carbocycles. The zero-order chi connectivity index (χ0) is 19.2. The van der Waals surface area contributed by atoms with Crippen LogP contribution in [0.1, 0.15) is 39.2 Å². The highest BCUT2D eigenvalue weighted by Gasteiger charge is 2.31. The maximum atomic E-state index is 12.4. The normalized spacial score (nSPS) is 20.8. The zero-order valence-corrected chi connectivity index (χ0v) is 15.6. The molecule has 0 aliphatic carbocycles. The lowest BCUT2D eigenvalue weighted by atomic mass is 10.1. The first-order valence-corrected chi connectivity index (χ1v) is 8.88. The van der Waals surface area contributed by atoms with Gasteiger partial charge in [0.15, 0.2) is 0 Å². The molecule has 26 heavy (non-hydrogen) atoms. The number of likely N-dealkylation sites (tertiary alicyclic amines) is 1. The molecule has 1 fully saturated rings. The summed E-state index contributed by atoms with van der Waals surface area (Å²) in [5, 5.41) is 12.9. The van der Waals surface area contributed by atoms with Crippen molar-refractivity contribution in [3.05, 3.63) is 35.9 Å². The van der Waals surface area contributed by atoms with Crippen molar-refractivity contribution in [1.29, 1.82) is 0 Å². The number of hydrogen-bond donors (Lipinski definition) is 2. The smallest absolute Gasteiger partial charge is 0.410 e. The van der Waals surface area contributed by atoms with E-state index in [1.54, 1.807) is 20.8 Å². The van der Waals surface area contributed by atoms with E-state index in [0.29, 0.717) is 19.4 Å². The van der Waals surface area contributed by atoms with Crippen molar-refractivity contribution < 1.29 is 24.2 Å². The number of aliphatic hydroxyl groups excluding tert-OH is 1. The van der Waals surface area contributed by atoms with Crippen LogP contribution >= 0.6 is 0 Å². The predicted molar refractivity (Wildman–Crippen MR) is 96.6 cm³/mol. The first-order chi connectivity index (χ1) is 12.2. The van der Waals surface area contributed by atoms with Crippen LogP contribution in [0.4, 0.5) is 9.59 Å². The van der Waals surface area contributed by atoms with Crippen LogP contribution in [0.3, 0.4) is 0 Å². The summed E-state index contributed by atoms with van der Waals surface area (Å²) >= 11 is 0. The number of alkyl carbamates (subject to hydrolysis) is 1. The molecule has 1 aromatic carbocycles. The maximum absolute atomic E-state index is 12.4. The second-order valence-corrected chi connectivity index (χ2v) is 7.45. The summed E-state index contributed by atoms with van der Waals surface area (Å²) < 4.78 is 10.6. The number of nitrogens with one attached hydrogen (secondary N) is 1. The summed E-state index contributed by atoms with van der Waals surface area (Å²) in [6, 6.07) is 8.82. The van der Waals surface area contributed by atoms with Crippen LogP contribution in [-0.2, 0) is 16.1 Å². The molecular weight excluding hydrogens is 336 g/mol. The molecule has 2 rings (SSSR count). The van der Waals surface area contributed by atoms with E-state index in [2.05, 4.69) is 5.32 Å².